The summed E-state index contributed by atoms with van der Waals surface area (Å²) in [6.45, 7) is 7.87. The Morgan fingerprint density at radius 2 is 1.45 bits per heavy atom. The fourth-order valence-corrected chi connectivity index (χ4v) is 2.64. The molecule has 20 heavy (non-hydrogen) atoms. The monoisotopic (exact) mass is 266 g/mol. The number of hydrogen-bond donors (Lipinski definition) is 0. The molecular weight excluding hydrogens is 248 g/mol. The van der Waals surface area contributed by atoms with Crippen molar-refractivity contribution in [2.75, 3.05) is 6.61 Å². The van der Waals surface area contributed by atoms with Crippen LogP contribution in [0.5, 0.6) is 0 Å². The first-order valence-electron chi connectivity index (χ1n) is 6.59. The van der Waals surface area contributed by atoms with Crippen LogP contribution < -0.4 is 0 Å². The molecule has 0 amide bonds. The summed E-state index contributed by atoms with van der Waals surface area (Å²) < 4.78 is 5.20. The molecule has 1 aliphatic rings. The fourth-order valence-electron chi connectivity index (χ4n) is 2.64. The van der Waals surface area contributed by atoms with Crippen LogP contribution in [0.3, 0.4) is 0 Å². The summed E-state index contributed by atoms with van der Waals surface area (Å²) in [5.41, 5.74) is 5.01. The molecule has 2 aromatic carbocycles. The Hall–Kier alpha value is -2.35. The molecule has 0 radical (unpaired) electrons. The van der Waals surface area contributed by atoms with E-state index in [9.17, 15) is 4.79 Å². The van der Waals surface area contributed by atoms with Crippen LogP contribution in [-0.4, -0.2) is 12.6 Å². The summed E-state index contributed by atoms with van der Waals surface area (Å²) in [4.78, 5) is 11.0. The van der Waals surface area contributed by atoms with Gasteiger partial charge in [0.25, 0.3) is 0 Å². The van der Waals surface area contributed by atoms with E-state index in [2.05, 4.69) is 37.4 Å². The van der Waals surface area contributed by atoms with E-state index in [1.165, 1.54) is 29.2 Å². The minimum Gasteiger partial charge on any atom is -0.465 e. The van der Waals surface area contributed by atoms with Crippen LogP contribution in [0.25, 0.3) is 11.1 Å². The lowest BCUT2D eigenvalue weighted by atomic mass is 9.98. The first kappa shape index (κ1) is 14.1. The molecule has 0 heterocycles. The molecule has 2 heteroatoms. The summed E-state index contributed by atoms with van der Waals surface area (Å²) in [5.74, 6) is -0.0573. The third-order valence-corrected chi connectivity index (χ3v) is 3.42. The van der Waals surface area contributed by atoms with Gasteiger partial charge in [-0.25, -0.2) is 0 Å². The highest BCUT2D eigenvalue weighted by Gasteiger charge is 2.28. The molecule has 0 bridgehead atoms. The Balaban J connectivity index is 0.000000704. The predicted octanol–water partition coefficient (Wildman–Crippen LogP) is 4.16. The Bertz CT molecular complexity index is 571. The lowest BCUT2D eigenvalue weighted by Crippen LogP contribution is -2.09. The molecule has 0 saturated heterocycles. The minimum atomic E-state index is -0.225. The van der Waals surface area contributed by atoms with Gasteiger partial charge in [-0.2, -0.15) is 0 Å². The standard InChI is InChI=1S/C16H14O2.C2H4/c1-11(17)18-10-16-14-8-4-2-6-12(14)13-7-3-5-9-15(13)16;1-2/h2-9,16H,10H2,1H3;1-2H2. The summed E-state index contributed by atoms with van der Waals surface area (Å²) in [6, 6.07) is 16.6. The molecule has 0 aromatic heterocycles. The molecule has 3 rings (SSSR count). The van der Waals surface area contributed by atoms with Gasteiger partial charge in [0.05, 0.1) is 0 Å². The highest BCUT2D eigenvalue weighted by Crippen LogP contribution is 2.44. The van der Waals surface area contributed by atoms with Crippen molar-refractivity contribution in [2.24, 2.45) is 0 Å². The average Bonchev–Trinajstić information content (AvgIpc) is 2.81. The third-order valence-electron chi connectivity index (χ3n) is 3.42. The number of fused-ring (bicyclic) bond motifs is 3. The van der Waals surface area contributed by atoms with Gasteiger partial charge in [-0.3, -0.25) is 4.79 Å². The topological polar surface area (TPSA) is 26.3 Å². The molecule has 0 fully saturated rings. The zero-order chi connectivity index (χ0) is 14.5. The molecule has 2 nitrogen and oxygen atoms in total. The van der Waals surface area contributed by atoms with Crippen molar-refractivity contribution in [3.63, 3.8) is 0 Å². The van der Waals surface area contributed by atoms with Gasteiger partial charge in [0.15, 0.2) is 0 Å². The average molecular weight is 266 g/mol. The van der Waals surface area contributed by atoms with Crippen LogP contribution in [0.4, 0.5) is 0 Å². The minimum absolute atomic E-state index is 0.168. The normalized spacial score (nSPS) is 11.8. The van der Waals surface area contributed by atoms with E-state index in [1.54, 1.807) is 0 Å². The van der Waals surface area contributed by atoms with Gasteiger partial charge in [0.2, 0.25) is 0 Å². The molecule has 2 aromatic rings. The van der Waals surface area contributed by atoms with Gasteiger partial charge in [-0.1, -0.05) is 48.5 Å². The quantitative estimate of drug-likeness (QED) is 0.602. The smallest absolute Gasteiger partial charge is 0.302 e. The molecule has 0 aliphatic heterocycles. The highest BCUT2D eigenvalue weighted by atomic mass is 16.5. The molecule has 0 spiro atoms. The Morgan fingerprint density at radius 3 is 1.90 bits per heavy atom. The van der Waals surface area contributed by atoms with Crippen molar-refractivity contribution >= 4 is 5.97 Å². The van der Waals surface area contributed by atoms with Gasteiger partial charge in [0, 0.05) is 12.8 Å². The molecule has 0 atom stereocenters. The van der Waals surface area contributed by atoms with Crippen LogP contribution in [0.15, 0.2) is 61.7 Å². The predicted molar refractivity (Wildman–Crippen MR) is 81.6 cm³/mol. The summed E-state index contributed by atoms with van der Waals surface area (Å²) in [5, 5.41) is 0. The zero-order valence-electron chi connectivity index (χ0n) is 11.6. The summed E-state index contributed by atoms with van der Waals surface area (Å²) in [6.07, 6.45) is 0. The second kappa shape index (κ2) is 6.20. The Labute approximate surface area is 119 Å². The Kier molecular flexibility index (Phi) is 4.36. The molecule has 0 unspecified atom stereocenters. The molecular formula is C18H18O2. The maximum absolute atomic E-state index is 11.0. The number of carbonyl (C=O) groups is 1. The second-order valence-corrected chi connectivity index (χ2v) is 4.53. The van der Waals surface area contributed by atoms with E-state index in [1.807, 2.05) is 24.3 Å². The Morgan fingerprint density at radius 1 is 1.00 bits per heavy atom. The van der Waals surface area contributed by atoms with Gasteiger partial charge < -0.3 is 4.74 Å². The second-order valence-electron chi connectivity index (χ2n) is 4.53. The molecule has 1 aliphatic carbocycles. The lowest BCUT2D eigenvalue weighted by molar-refractivity contribution is -0.141. The first-order valence-corrected chi connectivity index (χ1v) is 6.59. The number of carbonyl (C=O) groups excluding carboxylic acids is 1. The van der Waals surface area contributed by atoms with Crippen LogP contribution in [0, 0.1) is 0 Å². The zero-order valence-corrected chi connectivity index (χ0v) is 11.6. The van der Waals surface area contributed by atoms with E-state index in [0.717, 1.165) is 0 Å². The van der Waals surface area contributed by atoms with E-state index in [-0.39, 0.29) is 11.9 Å². The van der Waals surface area contributed by atoms with Crippen molar-refractivity contribution < 1.29 is 9.53 Å². The van der Waals surface area contributed by atoms with Crippen molar-refractivity contribution in [2.45, 2.75) is 12.8 Å². The van der Waals surface area contributed by atoms with E-state index in [0.29, 0.717) is 6.61 Å². The van der Waals surface area contributed by atoms with Crippen molar-refractivity contribution in [1.82, 2.24) is 0 Å². The molecule has 0 saturated carbocycles. The number of benzene rings is 2. The van der Waals surface area contributed by atoms with Crippen LogP contribution in [0.2, 0.25) is 0 Å². The van der Waals surface area contributed by atoms with Crippen molar-refractivity contribution in [3.8, 4) is 11.1 Å². The van der Waals surface area contributed by atoms with E-state index < -0.39 is 0 Å². The largest absolute Gasteiger partial charge is 0.465 e. The maximum atomic E-state index is 11.0. The number of ether oxygens (including phenoxy) is 1. The van der Waals surface area contributed by atoms with E-state index in [4.69, 9.17) is 4.74 Å². The number of hydrogen-bond acceptors (Lipinski definition) is 2. The van der Waals surface area contributed by atoms with Crippen LogP contribution in [0.1, 0.15) is 24.0 Å². The SMILES string of the molecule is C=C.CC(=O)OCC1c2ccccc2-c2ccccc21. The van der Waals surface area contributed by atoms with Crippen molar-refractivity contribution in [1.29, 1.82) is 0 Å². The van der Waals surface area contributed by atoms with Crippen molar-refractivity contribution in [3.05, 3.63) is 72.8 Å². The summed E-state index contributed by atoms with van der Waals surface area (Å²) in [7, 11) is 0. The number of rotatable bonds is 2. The molecule has 0 N–H and O–H groups in total. The van der Waals surface area contributed by atoms with Gasteiger partial charge >= 0.3 is 5.97 Å². The number of esters is 1. The van der Waals surface area contributed by atoms with Crippen LogP contribution in [-0.2, 0) is 9.53 Å². The molecule has 102 valence electrons. The van der Waals surface area contributed by atoms with Gasteiger partial charge in [-0.05, 0) is 22.3 Å². The lowest BCUT2D eigenvalue weighted by Gasteiger charge is -2.12. The fraction of sp³-hybridized carbons (Fsp3) is 0.167. The van der Waals surface area contributed by atoms with E-state index >= 15 is 0 Å². The first-order chi connectivity index (χ1) is 9.77. The van der Waals surface area contributed by atoms with Gasteiger partial charge in [0.1, 0.15) is 6.61 Å². The van der Waals surface area contributed by atoms with Crippen LogP contribution >= 0.6 is 0 Å². The summed E-state index contributed by atoms with van der Waals surface area (Å²) >= 11 is 0. The highest BCUT2D eigenvalue weighted by molar-refractivity contribution is 5.79. The third kappa shape index (κ3) is 2.50. The van der Waals surface area contributed by atoms with Gasteiger partial charge in [-0.15, -0.1) is 13.2 Å². The maximum Gasteiger partial charge on any atom is 0.302 e.